The summed E-state index contributed by atoms with van der Waals surface area (Å²) in [5, 5.41) is 3.23. The van der Waals surface area contributed by atoms with Crippen LogP contribution in [0.5, 0.6) is 0 Å². The van der Waals surface area contributed by atoms with Crippen LogP contribution in [0.25, 0.3) is 0 Å². The first-order valence-electron chi connectivity index (χ1n) is 5.70. The first kappa shape index (κ1) is 14.2. The molecule has 0 saturated carbocycles. The van der Waals surface area contributed by atoms with Crippen molar-refractivity contribution < 1.29 is 0 Å². The van der Waals surface area contributed by atoms with E-state index in [0.29, 0.717) is 18.8 Å². The van der Waals surface area contributed by atoms with Gasteiger partial charge in [0.15, 0.2) is 0 Å². The van der Waals surface area contributed by atoms with Crippen LogP contribution in [0.1, 0.15) is 10.6 Å². The van der Waals surface area contributed by atoms with E-state index >= 15 is 0 Å². The van der Waals surface area contributed by atoms with Crippen molar-refractivity contribution in [1.82, 2.24) is 14.5 Å². The number of hydrogen-bond donors (Lipinski definition) is 1. The predicted molar refractivity (Wildman–Crippen MR) is 79.5 cm³/mol. The minimum atomic E-state index is -0.303. The molecule has 0 saturated heterocycles. The van der Waals surface area contributed by atoms with E-state index in [9.17, 15) is 9.59 Å². The molecular weight excluding hydrogens is 330 g/mol. The second kappa shape index (κ2) is 5.85. The molecule has 2 rings (SSSR count). The van der Waals surface area contributed by atoms with Crippen molar-refractivity contribution in [2.24, 2.45) is 14.1 Å². The zero-order chi connectivity index (χ0) is 14.0. The Morgan fingerprint density at radius 1 is 1.21 bits per heavy atom. The number of aromatic nitrogens is 2. The first-order valence-corrected chi connectivity index (χ1v) is 7.31. The van der Waals surface area contributed by atoms with Crippen molar-refractivity contribution in [1.29, 1.82) is 0 Å². The van der Waals surface area contributed by atoms with Gasteiger partial charge in [-0.25, -0.2) is 4.79 Å². The maximum atomic E-state index is 11.7. The molecular formula is C12H14BrN3O2S. The van der Waals surface area contributed by atoms with E-state index in [0.717, 1.165) is 8.35 Å². The number of thiophene rings is 1. The molecule has 1 N–H and O–H groups in total. The normalized spacial score (nSPS) is 10.9. The molecule has 0 aliphatic carbocycles. The summed E-state index contributed by atoms with van der Waals surface area (Å²) in [7, 11) is 3.14. The van der Waals surface area contributed by atoms with Gasteiger partial charge in [0.2, 0.25) is 0 Å². The van der Waals surface area contributed by atoms with Crippen molar-refractivity contribution in [3.63, 3.8) is 0 Å². The molecule has 7 heteroatoms. The molecule has 0 fully saturated rings. The Labute approximate surface area is 122 Å². The van der Waals surface area contributed by atoms with Gasteiger partial charge in [-0.1, -0.05) is 0 Å². The summed E-state index contributed by atoms with van der Waals surface area (Å²) in [6.07, 6.45) is 0. The van der Waals surface area contributed by atoms with E-state index in [1.54, 1.807) is 18.4 Å². The van der Waals surface area contributed by atoms with Crippen LogP contribution >= 0.6 is 27.3 Å². The zero-order valence-electron chi connectivity index (χ0n) is 10.6. The molecule has 0 unspecified atom stereocenters. The van der Waals surface area contributed by atoms with Crippen LogP contribution in [0.15, 0.2) is 31.6 Å². The quantitative estimate of drug-likeness (QED) is 0.907. The summed E-state index contributed by atoms with van der Waals surface area (Å²) in [5.74, 6) is 0. The highest BCUT2D eigenvalue weighted by atomic mass is 79.9. The maximum absolute atomic E-state index is 11.7. The van der Waals surface area contributed by atoms with Crippen molar-refractivity contribution >= 4 is 27.3 Å². The Kier molecular flexibility index (Phi) is 4.38. The molecule has 0 bridgehead atoms. The summed E-state index contributed by atoms with van der Waals surface area (Å²) in [6, 6.07) is 5.51. The standard InChI is InChI=1S/C12H14BrN3O2S/c1-15-8(5-11(17)16(2)12(15)18)6-14-7-9-3-4-10(13)19-9/h3-5,14H,6-7H2,1-2H3. The summed E-state index contributed by atoms with van der Waals surface area (Å²) in [5.41, 5.74) is 0.102. The summed E-state index contributed by atoms with van der Waals surface area (Å²) < 4.78 is 3.67. The highest BCUT2D eigenvalue weighted by Crippen LogP contribution is 2.21. The van der Waals surface area contributed by atoms with Gasteiger partial charge in [-0.3, -0.25) is 13.9 Å². The summed E-state index contributed by atoms with van der Waals surface area (Å²) in [6.45, 7) is 1.19. The van der Waals surface area contributed by atoms with Crippen LogP contribution in [0.3, 0.4) is 0 Å². The average molecular weight is 344 g/mol. The van der Waals surface area contributed by atoms with Crippen LogP contribution < -0.4 is 16.6 Å². The van der Waals surface area contributed by atoms with Gasteiger partial charge in [0.25, 0.3) is 5.56 Å². The Morgan fingerprint density at radius 2 is 1.95 bits per heavy atom. The van der Waals surface area contributed by atoms with Gasteiger partial charge in [-0.05, 0) is 28.1 Å². The minimum absolute atomic E-state index is 0.279. The van der Waals surface area contributed by atoms with Crippen LogP contribution in [0.2, 0.25) is 0 Å². The minimum Gasteiger partial charge on any atom is -0.306 e. The van der Waals surface area contributed by atoms with Crippen molar-refractivity contribution in [2.75, 3.05) is 0 Å². The molecule has 102 valence electrons. The molecule has 5 nitrogen and oxygen atoms in total. The van der Waals surface area contributed by atoms with Crippen molar-refractivity contribution in [3.05, 3.63) is 53.4 Å². The largest absolute Gasteiger partial charge is 0.330 e. The third-order valence-corrected chi connectivity index (χ3v) is 4.48. The van der Waals surface area contributed by atoms with Crippen LogP contribution in [-0.2, 0) is 27.2 Å². The van der Waals surface area contributed by atoms with Gasteiger partial charge >= 0.3 is 5.69 Å². The summed E-state index contributed by atoms with van der Waals surface area (Å²) >= 11 is 5.06. The molecule has 2 heterocycles. The number of rotatable bonds is 4. The molecule has 0 aliphatic rings. The Balaban J connectivity index is 2.08. The van der Waals surface area contributed by atoms with Gasteiger partial charge in [0.05, 0.1) is 3.79 Å². The molecule has 0 atom stereocenters. The fourth-order valence-corrected chi connectivity index (χ4v) is 3.16. The number of halogens is 1. The smallest absolute Gasteiger partial charge is 0.306 e. The lowest BCUT2D eigenvalue weighted by atomic mass is 10.3. The van der Waals surface area contributed by atoms with E-state index < -0.39 is 0 Å². The van der Waals surface area contributed by atoms with E-state index in [4.69, 9.17) is 0 Å². The molecule has 19 heavy (non-hydrogen) atoms. The van der Waals surface area contributed by atoms with Gasteiger partial charge in [-0.15, -0.1) is 11.3 Å². The van der Waals surface area contributed by atoms with Crippen LogP contribution in [-0.4, -0.2) is 9.13 Å². The first-order chi connectivity index (χ1) is 8.99. The second-order valence-corrected chi connectivity index (χ2v) is 6.73. The molecule has 0 radical (unpaired) electrons. The van der Waals surface area contributed by atoms with Gasteiger partial charge in [0.1, 0.15) is 0 Å². The molecule has 0 aliphatic heterocycles. The molecule has 0 spiro atoms. The van der Waals surface area contributed by atoms with Gasteiger partial charge in [-0.2, -0.15) is 0 Å². The zero-order valence-corrected chi connectivity index (χ0v) is 13.0. The second-order valence-electron chi connectivity index (χ2n) is 4.18. The highest BCUT2D eigenvalue weighted by Gasteiger charge is 2.05. The average Bonchev–Trinajstić information content (AvgIpc) is 2.79. The monoisotopic (exact) mass is 343 g/mol. The molecule has 2 aromatic rings. The Morgan fingerprint density at radius 3 is 2.58 bits per heavy atom. The third kappa shape index (κ3) is 3.23. The van der Waals surface area contributed by atoms with Crippen LogP contribution in [0.4, 0.5) is 0 Å². The number of nitrogens with zero attached hydrogens (tertiary/aromatic N) is 2. The number of hydrogen-bond acceptors (Lipinski definition) is 4. The lowest BCUT2D eigenvalue weighted by Gasteiger charge is -2.09. The predicted octanol–water partition coefficient (Wildman–Crippen LogP) is 1.20. The maximum Gasteiger partial charge on any atom is 0.330 e. The van der Waals surface area contributed by atoms with Crippen molar-refractivity contribution in [2.45, 2.75) is 13.1 Å². The van der Waals surface area contributed by atoms with Gasteiger partial charge < -0.3 is 5.32 Å². The Hall–Kier alpha value is -1.18. The molecule has 0 amide bonds. The van der Waals surface area contributed by atoms with Gasteiger partial charge in [0, 0.05) is 43.8 Å². The summed E-state index contributed by atoms with van der Waals surface area (Å²) in [4.78, 5) is 24.5. The molecule has 2 aromatic heterocycles. The third-order valence-electron chi connectivity index (χ3n) is 2.86. The fourth-order valence-electron chi connectivity index (χ4n) is 1.71. The fraction of sp³-hybridized carbons (Fsp3) is 0.333. The van der Waals surface area contributed by atoms with E-state index in [1.165, 1.54) is 22.6 Å². The van der Waals surface area contributed by atoms with Crippen molar-refractivity contribution in [3.8, 4) is 0 Å². The van der Waals surface area contributed by atoms with Crippen LogP contribution in [0, 0.1) is 0 Å². The Bertz CT molecular complexity index is 702. The van der Waals surface area contributed by atoms with E-state index in [1.807, 2.05) is 12.1 Å². The number of nitrogens with one attached hydrogen (secondary N) is 1. The molecule has 0 aromatic carbocycles. The lowest BCUT2D eigenvalue weighted by Crippen LogP contribution is -2.38. The highest BCUT2D eigenvalue weighted by molar-refractivity contribution is 9.11. The topological polar surface area (TPSA) is 56.0 Å². The van der Waals surface area contributed by atoms with E-state index in [-0.39, 0.29) is 11.2 Å². The lowest BCUT2D eigenvalue weighted by molar-refractivity contribution is 0.603. The van der Waals surface area contributed by atoms with E-state index in [2.05, 4.69) is 21.2 Å². The SMILES string of the molecule is Cn1c(CNCc2ccc(Br)s2)cc(=O)n(C)c1=O.